The van der Waals surface area contributed by atoms with Crippen LogP contribution >= 0.6 is 11.3 Å². The van der Waals surface area contributed by atoms with E-state index in [1.54, 1.807) is 11.3 Å². The zero-order valence-electron chi connectivity index (χ0n) is 9.88. The van der Waals surface area contributed by atoms with E-state index in [0.29, 0.717) is 12.5 Å². The van der Waals surface area contributed by atoms with Gasteiger partial charge in [0.2, 0.25) is 0 Å². The molecule has 3 heteroatoms. The molecular formula is C12H21NOS. The Morgan fingerprint density at radius 3 is 2.73 bits per heavy atom. The summed E-state index contributed by atoms with van der Waals surface area (Å²) in [7, 11) is 0. The number of thiophene rings is 1. The Balaban J connectivity index is 2.33. The van der Waals surface area contributed by atoms with Crippen LogP contribution in [-0.2, 0) is 17.9 Å². The largest absolute Gasteiger partial charge is 0.377 e. The van der Waals surface area contributed by atoms with Crippen LogP contribution in [0.25, 0.3) is 0 Å². The van der Waals surface area contributed by atoms with E-state index in [2.05, 4.69) is 26.8 Å². The fourth-order valence-electron chi connectivity index (χ4n) is 1.33. The van der Waals surface area contributed by atoms with Gasteiger partial charge in [0, 0.05) is 22.9 Å². The van der Waals surface area contributed by atoms with Crippen molar-refractivity contribution in [2.24, 2.45) is 11.7 Å². The number of hydrogen-bond donors (Lipinski definition) is 1. The molecule has 2 nitrogen and oxygen atoms in total. The molecule has 0 radical (unpaired) electrons. The molecule has 0 saturated carbocycles. The average Bonchev–Trinajstić information content (AvgIpc) is 2.54. The summed E-state index contributed by atoms with van der Waals surface area (Å²) in [6, 6.07) is 2.16. The van der Waals surface area contributed by atoms with Crippen molar-refractivity contribution in [3.63, 3.8) is 0 Å². The van der Waals surface area contributed by atoms with E-state index in [0.717, 1.165) is 19.6 Å². The highest BCUT2D eigenvalue weighted by molar-refractivity contribution is 7.12. The van der Waals surface area contributed by atoms with Gasteiger partial charge < -0.3 is 10.5 Å². The fourth-order valence-corrected chi connectivity index (χ4v) is 2.26. The van der Waals surface area contributed by atoms with Crippen molar-refractivity contribution in [3.05, 3.63) is 21.4 Å². The summed E-state index contributed by atoms with van der Waals surface area (Å²) in [6.07, 6.45) is 1.13. The van der Waals surface area contributed by atoms with Gasteiger partial charge in [0.1, 0.15) is 0 Å². The summed E-state index contributed by atoms with van der Waals surface area (Å²) < 4.78 is 5.64. The Labute approximate surface area is 96.4 Å². The Morgan fingerprint density at radius 1 is 1.47 bits per heavy atom. The van der Waals surface area contributed by atoms with Gasteiger partial charge in [0.25, 0.3) is 0 Å². The third-order valence-electron chi connectivity index (χ3n) is 2.37. The molecule has 0 aliphatic carbocycles. The molecule has 0 amide bonds. The molecule has 0 saturated heterocycles. The third kappa shape index (κ3) is 4.33. The van der Waals surface area contributed by atoms with Crippen molar-refractivity contribution >= 4 is 11.3 Å². The molecule has 0 spiro atoms. The normalized spacial score (nSPS) is 11.3. The third-order valence-corrected chi connectivity index (χ3v) is 3.48. The van der Waals surface area contributed by atoms with Crippen LogP contribution in [0.2, 0.25) is 0 Å². The van der Waals surface area contributed by atoms with Gasteiger partial charge in [-0.2, -0.15) is 0 Å². The van der Waals surface area contributed by atoms with Crippen LogP contribution in [0.4, 0.5) is 0 Å². The Kier molecular flexibility index (Phi) is 5.29. The summed E-state index contributed by atoms with van der Waals surface area (Å²) in [5, 5.41) is 0. The zero-order chi connectivity index (χ0) is 11.3. The summed E-state index contributed by atoms with van der Waals surface area (Å²) in [4.78, 5) is 2.58. The lowest BCUT2D eigenvalue weighted by atomic mass is 10.1. The first kappa shape index (κ1) is 12.7. The molecule has 86 valence electrons. The van der Waals surface area contributed by atoms with Crippen LogP contribution in [0.1, 0.15) is 35.6 Å². The fraction of sp³-hybridized carbons (Fsp3) is 0.667. The van der Waals surface area contributed by atoms with Crippen molar-refractivity contribution < 1.29 is 4.74 Å². The summed E-state index contributed by atoms with van der Waals surface area (Å²) in [6.45, 7) is 8.78. The first-order valence-corrected chi connectivity index (χ1v) is 6.31. The number of ether oxygens (including phenoxy) is 1. The topological polar surface area (TPSA) is 35.2 Å². The molecule has 1 heterocycles. The van der Waals surface area contributed by atoms with Gasteiger partial charge >= 0.3 is 0 Å². The standard InChI is InChI=1S/C12H21NOS/c1-9(2)4-5-14-8-11-6-12(7-13)15-10(11)3/h6,9H,4-5,7-8,13H2,1-3H3. The smallest absolute Gasteiger partial charge is 0.0727 e. The first-order chi connectivity index (χ1) is 7.13. The number of rotatable bonds is 6. The van der Waals surface area contributed by atoms with Crippen LogP contribution in [0, 0.1) is 12.8 Å². The predicted molar refractivity (Wildman–Crippen MR) is 66.1 cm³/mol. The van der Waals surface area contributed by atoms with E-state index in [1.165, 1.54) is 15.3 Å². The minimum absolute atomic E-state index is 0.636. The summed E-state index contributed by atoms with van der Waals surface area (Å²) in [5.74, 6) is 0.716. The van der Waals surface area contributed by atoms with E-state index in [-0.39, 0.29) is 0 Å². The van der Waals surface area contributed by atoms with E-state index in [9.17, 15) is 0 Å². The van der Waals surface area contributed by atoms with Crippen LogP contribution < -0.4 is 5.73 Å². The quantitative estimate of drug-likeness (QED) is 0.758. The lowest BCUT2D eigenvalue weighted by molar-refractivity contribution is 0.110. The number of nitrogens with two attached hydrogens (primary N) is 1. The van der Waals surface area contributed by atoms with Crippen LogP contribution in [0.5, 0.6) is 0 Å². The zero-order valence-corrected chi connectivity index (χ0v) is 10.7. The minimum Gasteiger partial charge on any atom is -0.377 e. The molecule has 2 N–H and O–H groups in total. The number of hydrogen-bond acceptors (Lipinski definition) is 3. The van der Waals surface area contributed by atoms with Crippen molar-refractivity contribution in [2.75, 3.05) is 6.61 Å². The van der Waals surface area contributed by atoms with E-state index in [4.69, 9.17) is 10.5 Å². The molecule has 15 heavy (non-hydrogen) atoms. The Morgan fingerprint density at radius 2 is 2.20 bits per heavy atom. The van der Waals surface area contributed by atoms with Gasteiger partial charge in [0.05, 0.1) is 6.61 Å². The summed E-state index contributed by atoms with van der Waals surface area (Å²) >= 11 is 1.77. The predicted octanol–water partition coefficient (Wildman–Crippen LogP) is 3.08. The molecule has 0 atom stereocenters. The summed E-state index contributed by atoms with van der Waals surface area (Å²) in [5.41, 5.74) is 6.89. The van der Waals surface area contributed by atoms with Gasteiger partial charge in [-0.3, -0.25) is 0 Å². The SMILES string of the molecule is Cc1sc(CN)cc1COCCC(C)C. The molecule has 0 aromatic carbocycles. The second-order valence-electron chi connectivity index (χ2n) is 4.23. The lowest BCUT2D eigenvalue weighted by Crippen LogP contribution is -1.99. The number of aryl methyl sites for hydroxylation is 1. The van der Waals surface area contributed by atoms with Crippen molar-refractivity contribution in [1.82, 2.24) is 0 Å². The van der Waals surface area contributed by atoms with E-state index >= 15 is 0 Å². The monoisotopic (exact) mass is 227 g/mol. The first-order valence-electron chi connectivity index (χ1n) is 5.49. The van der Waals surface area contributed by atoms with Crippen LogP contribution in [-0.4, -0.2) is 6.61 Å². The second kappa shape index (κ2) is 6.26. The van der Waals surface area contributed by atoms with Gasteiger partial charge in [-0.25, -0.2) is 0 Å². The molecule has 0 unspecified atom stereocenters. The molecule has 1 rings (SSSR count). The van der Waals surface area contributed by atoms with Gasteiger partial charge in [-0.05, 0) is 30.9 Å². The average molecular weight is 227 g/mol. The second-order valence-corrected chi connectivity index (χ2v) is 5.57. The molecule has 1 aromatic rings. The molecule has 0 aliphatic rings. The van der Waals surface area contributed by atoms with Crippen molar-refractivity contribution in [3.8, 4) is 0 Å². The maximum atomic E-state index is 5.64. The van der Waals surface area contributed by atoms with Gasteiger partial charge in [0.15, 0.2) is 0 Å². The highest BCUT2D eigenvalue weighted by atomic mass is 32.1. The molecule has 0 aliphatic heterocycles. The van der Waals surface area contributed by atoms with Gasteiger partial charge in [-0.1, -0.05) is 13.8 Å². The van der Waals surface area contributed by atoms with Crippen LogP contribution in [0.15, 0.2) is 6.07 Å². The molecular weight excluding hydrogens is 206 g/mol. The highest BCUT2D eigenvalue weighted by Crippen LogP contribution is 2.21. The van der Waals surface area contributed by atoms with Crippen molar-refractivity contribution in [2.45, 2.75) is 40.3 Å². The maximum Gasteiger partial charge on any atom is 0.0727 e. The molecule has 0 bridgehead atoms. The Hall–Kier alpha value is -0.380. The van der Waals surface area contributed by atoms with Gasteiger partial charge in [-0.15, -0.1) is 11.3 Å². The minimum atomic E-state index is 0.636. The van der Waals surface area contributed by atoms with Crippen molar-refractivity contribution in [1.29, 1.82) is 0 Å². The van der Waals surface area contributed by atoms with E-state index < -0.39 is 0 Å². The maximum absolute atomic E-state index is 5.64. The highest BCUT2D eigenvalue weighted by Gasteiger charge is 2.04. The molecule has 0 fully saturated rings. The lowest BCUT2D eigenvalue weighted by Gasteiger charge is -2.05. The van der Waals surface area contributed by atoms with E-state index in [1.807, 2.05) is 0 Å². The molecule has 1 aromatic heterocycles. The van der Waals surface area contributed by atoms with Crippen LogP contribution in [0.3, 0.4) is 0 Å². The Bertz CT molecular complexity index is 294.